The number of nitrogens with zero attached hydrogens (tertiary/aromatic N) is 1. The van der Waals surface area contributed by atoms with Crippen molar-refractivity contribution in [3.8, 4) is 6.07 Å². The molecule has 0 radical (unpaired) electrons. The SMILES string of the molecule is CCCNC(C#N)C(C)c1ccccc1. The van der Waals surface area contributed by atoms with Gasteiger partial charge in [-0.15, -0.1) is 0 Å². The fourth-order valence-electron chi connectivity index (χ4n) is 1.58. The third-order valence-electron chi connectivity index (χ3n) is 2.58. The Morgan fingerprint density at radius 3 is 2.53 bits per heavy atom. The van der Waals surface area contributed by atoms with E-state index in [0.29, 0.717) is 0 Å². The quantitative estimate of drug-likeness (QED) is 0.796. The highest BCUT2D eigenvalue weighted by atomic mass is 14.9. The van der Waals surface area contributed by atoms with Crippen molar-refractivity contribution in [1.29, 1.82) is 5.26 Å². The molecule has 0 bridgehead atoms. The van der Waals surface area contributed by atoms with Crippen LogP contribution in [0.25, 0.3) is 0 Å². The number of benzene rings is 1. The first-order chi connectivity index (χ1) is 7.29. The molecule has 0 saturated carbocycles. The predicted molar refractivity (Wildman–Crippen MR) is 62.6 cm³/mol. The standard InChI is InChI=1S/C13H18N2/c1-3-9-15-13(10-14)11(2)12-7-5-4-6-8-12/h4-8,11,13,15H,3,9H2,1-2H3. The van der Waals surface area contributed by atoms with Gasteiger partial charge in [0, 0.05) is 5.92 Å². The Morgan fingerprint density at radius 1 is 1.33 bits per heavy atom. The zero-order chi connectivity index (χ0) is 11.1. The van der Waals surface area contributed by atoms with Crippen molar-refractivity contribution in [2.75, 3.05) is 6.54 Å². The molecule has 2 nitrogen and oxygen atoms in total. The van der Waals surface area contributed by atoms with Crippen LogP contribution < -0.4 is 5.32 Å². The molecule has 0 fully saturated rings. The van der Waals surface area contributed by atoms with E-state index in [2.05, 4.69) is 37.4 Å². The lowest BCUT2D eigenvalue weighted by atomic mass is 9.94. The summed E-state index contributed by atoms with van der Waals surface area (Å²) in [6.45, 7) is 5.09. The van der Waals surface area contributed by atoms with Gasteiger partial charge in [-0.25, -0.2) is 0 Å². The minimum atomic E-state index is -0.0904. The van der Waals surface area contributed by atoms with Gasteiger partial charge in [0.2, 0.25) is 0 Å². The van der Waals surface area contributed by atoms with Crippen molar-refractivity contribution in [2.24, 2.45) is 0 Å². The first-order valence-electron chi connectivity index (χ1n) is 5.47. The van der Waals surface area contributed by atoms with Crippen molar-refractivity contribution >= 4 is 0 Å². The lowest BCUT2D eigenvalue weighted by molar-refractivity contribution is 0.529. The Balaban J connectivity index is 2.66. The molecule has 1 aromatic carbocycles. The van der Waals surface area contributed by atoms with Crippen LogP contribution in [0.15, 0.2) is 30.3 Å². The first-order valence-corrected chi connectivity index (χ1v) is 5.47. The summed E-state index contributed by atoms with van der Waals surface area (Å²) in [6, 6.07) is 12.4. The molecule has 15 heavy (non-hydrogen) atoms. The molecular weight excluding hydrogens is 184 g/mol. The Morgan fingerprint density at radius 2 is 2.00 bits per heavy atom. The molecule has 0 spiro atoms. The van der Waals surface area contributed by atoms with E-state index in [4.69, 9.17) is 5.26 Å². The lowest BCUT2D eigenvalue weighted by Crippen LogP contribution is -2.32. The Hall–Kier alpha value is -1.33. The second-order valence-electron chi connectivity index (χ2n) is 3.76. The molecular formula is C13H18N2. The summed E-state index contributed by atoms with van der Waals surface area (Å²) in [5.74, 6) is 0.239. The van der Waals surface area contributed by atoms with Crippen molar-refractivity contribution in [2.45, 2.75) is 32.2 Å². The highest BCUT2D eigenvalue weighted by molar-refractivity contribution is 5.22. The van der Waals surface area contributed by atoms with Crippen molar-refractivity contribution < 1.29 is 0 Å². The second kappa shape index (κ2) is 6.21. The van der Waals surface area contributed by atoms with Gasteiger partial charge in [0.1, 0.15) is 6.04 Å². The number of nitriles is 1. The third kappa shape index (κ3) is 3.38. The molecule has 80 valence electrons. The van der Waals surface area contributed by atoms with Gasteiger partial charge in [-0.05, 0) is 18.5 Å². The molecule has 0 aliphatic carbocycles. The number of hydrogen-bond donors (Lipinski definition) is 1. The molecule has 0 aliphatic heterocycles. The van der Waals surface area contributed by atoms with Crippen LogP contribution >= 0.6 is 0 Å². The Bertz CT molecular complexity index is 313. The second-order valence-corrected chi connectivity index (χ2v) is 3.76. The third-order valence-corrected chi connectivity index (χ3v) is 2.58. The topological polar surface area (TPSA) is 35.8 Å². The molecule has 2 heteroatoms. The molecule has 0 saturated heterocycles. The van der Waals surface area contributed by atoms with Gasteiger partial charge < -0.3 is 5.32 Å². The average Bonchev–Trinajstić information content (AvgIpc) is 2.31. The number of nitrogens with one attached hydrogen (secondary N) is 1. The molecule has 0 amide bonds. The van der Waals surface area contributed by atoms with E-state index in [1.807, 2.05) is 18.2 Å². The first kappa shape index (κ1) is 11.7. The monoisotopic (exact) mass is 202 g/mol. The van der Waals surface area contributed by atoms with E-state index in [-0.39, 0.29) is 12.0 Å². The van der Waals surface area contributed by atoms with Gasteiger partial charge in [-0.1, -0.05) is 44.2 Å². The highest BCUT2D eigenvalue weighted by Crippen LogP contribution is 2.18. The maximum Gasteiger partial charge on any atom is 0.102 e. The van der Waals surface area contributed by atoms with Gasteiger partial charge in [-0.2, -0.15) is 5.26 Å². The van der Waals surface area contributed by atoms with Crippen LogP contribution in [0.2, 0.25) is 0 Å². The fourth-order valence-corrected chi connectivity index (χ4v) is 1.58. The molecule has 0 aliphatic rings. The van der Waals surface area contributed by atoms with Crippen molar-refractivity contribution in [3.63, 3.8) is 0 Å². The summed E-state index contributed by atoms with van der Waals surface area (Å²) < 4.78 is 0. The zero-order valence-corrected chi connectivity index (χ0v) is 9.40. The summed E-state index contributed by atoms with van der Waals surface area (Å²) in [5, 5.41) is 12.3. The number of rotatable bonds is 5. The van der Waals surface area contributed by atoms with Crippen LogP contribution in [0, 0.1) is 11.3 Å². The molecule has 0 aromatic heterocycles. The fraction of sp³-hybridized carbons (Fsp3) is 0.462. The summed E-state index contributed by atoms with van der Waals surface area (Å²) in [6.07, 6.45) is 1.06. The van der Waals surface area contributed by atoms with Crippen LogP contribution in [0.4, 0.5) is 0 Å². The molecule has 2 unspecified atom stereocenters. The normalized spacial score (nSPS) is 14.2. The van der Waals surface area contributed by atoms with Gasteiger partial charge in [0.25, 0.3) is 0 Å². The average molecular weight is 202 g/mol. The number of hydrogen-bond acceptors (Lipinski definition) is 2. The Kier molecular flexibility index (Phi) is 4.86. The van der Waals surface area contributed by atoms with Crippen LogP contribution in [0.1, 0.15) is 31.7 Å². The lowest BCUT2D eigenvalue weighted by Gasteiger charge is -2.18. The van der Waals surface area contributed by atoms with E-state index in [1.165, 1.54) is 5.56 Å². The maximum atomic E-state index is 9.07. The largest absolute Gasteiger partial charge is 0.301 e. The minimum absolute atomic E-state index is 0.0904. The predicted octanol–water partition coefficient (Wildman–Crippen LogP) is 2.68. The van der Waals surface area contributed by atoms with Crippen molar-refractivity contribution in [3.05, 3.63) is 35.9 Å². The highest BCUT2D eigenvalue weighted by Gasteiger charge is 2.16. The summed E-state index contributed by atoms with van der Waals surface area (Å²) in [4.78, 5) is 0. The van der Waals surface area contributed by atoms with E-state index in [1.54, 1.807) is 0 Å². The van der Waals surface area contributed by atoms with Crippen molar-refractivity contribution in [1.82, 2.24) is 5.32 Å². The van der Waals surface area contributed by atoms with Crippen LogP contribution in [0.3, 0.4) is 0 Å². The van der Waals surface area contributed by atoms with Gasteiger partial charge in [0.15, 0.2) is 0 Å². The van der Waals surface area contributed by atoms with E-state index < -0.39 is 0 Å². The molecule has 0 heterocycles. The molecule has 2 atom stereocenters. The van der Waals surface area contributed by atoms with E-state index >= 15 is 0 Å². The van der Waals surface area contributed by atoms with Gasteiger partial charge in [-0.3, -0.25) is 0 Å². The van der Waals surface area contributed by atoms with E-state index in [0.717, 1.165) is 13.0 Å². The summed E-state index contributed by atoms with van der Waals surface area (Å²) in [7, 11) is 0. The smallest absolute Gasteiger partial charge is 0.102 e. The Labute approximate surface area is 91.9 Å². The summed E-state index contributed by atoms with van der Waals surface area (Å²) >= 11 is 0. The van der Waals surface area contributed by atoms with Crippen LogP contribution in [-0.2, 0) is 0 Å². The summed E-state index contributed by atoms with van der Waals surface area (Å²) in [5.41, 5.74) is 1.22. The molecule has 1 N–H and O–H groups in total. The van der Waals surface area contributed by atoms with E-state index in [9.17, 15) is 0 Å². The zero-order valence-electron chi connectivity index (χ0n) is 9.40. The van der Waals surface area contributed by atoms with Gasteiger partial charge >= 0.3 is 0 Å². The van der Waals surface area contributed by atoms with Crippen LogP contribution in [-0.4, -0.2) is 12.6 Å². The minimum Gasteiger partial charge on any atom is -0.301 e. The molecule has 1 aromatic rings. The maximum absolute atomic E-state index is 9.07. The molecule has 1 rings (SSSR count). The van der Waals surface area contributed by atoms with Crippen LogP contribution in [0.5, 0.6) is 0 Å². The van der Waals surface area contributed by atoms with Gasteiger partial charge in [0.05, 0.1) is 6.07 Å².